The first kappa shape index (κ1) is 22.0. The van der Waals surface area contributed by atoms with Crippen LogP contribution in [0, 0.1) is 0 Å². The lowest BCUT2D eigenvalue weighted by Gasteiger charge is -1.90. The van der Waals surface area contributed by atoms with Crippen molar-refractivity contribution in [1.29, 1.82) is 0 Å². The summed E-state index contributed by atoms with van der Waals surface area (Å²) in [7, 11) is 3.25. The van der Waals surface area contributed by atoms with E-state index in [2.05, 4.69) is 10.1 Å². The second-order valence-electron chi connectivity index (χ2n) is 3.41. The summed E-state index contributed by atoms with van der Waals surface area (Å²) >= 11 is 0. The molecule has 110 valence electrons. The van der Waals surface area contributed by atoms with E-state index in [1.54, 1.807) is 14.2 Å². The lowest BCUT2D eigenvalue weighted by atomic mass is 10.4. The zero-order valence-corrected chi connectivity index (χ0v) is 11.5. The number of rotatable bonds is 1. The molecule has 0 aliphatic carbocycles. The summed E-state index contributed by atoms with van der Waals surface area (Å²) in [6.45, 7) is 3.36. The Bertz CT molecular complexity index is 184. The van der Waals surface area contributed by atoms with Crippen LogP contribution in [0.4, 0.5) is 0 Å². The number of hydrogen-bond acceptors (Lipinski definition) is 5. The van der Waals surface area contributed by atoms with Gasteiger partial charge in [0.15, 0.2) is 0 Å². The molecule has 0 aromatic carbocycles. The van der Waals surface area contributed by atoms with Crippen LogP contribution >= 0.6 is 0 Å². The lowest BCUT2D eigenvalue weighted by molar-refractivity contribution is -0.134. The van der Waals surface area contributed by atoms with Gasteiger partial charge in [-0.2, -0.15) is 0 Å². The Morgan fingerprint density at radius 1 is 1.50 bits per heavy atom. The molecule has 4 N–H and O–H groups in total. The van der Waals surface area contributed by atoms with Crippen molar-refractivity contribution in [2.24, 2.45) is 0 Å². The second-order valence-corrected chi connectivity index (χ2v) is 3.41. The molecule has 0 saturated carbocycles. The van der Waals surface area contributed by atoms with Gasteiger partial charge in [0.2, 0.25) is 5.91 Å². The number of amides is 1. The summed E-state index contributed by atoms with van der Waals surface area (Å²) in [4.78, 5) is 19.1. The van der Waals surface area contributed by atoms with Crippen molar-refractivity contribution in [2.75, 3.05) is 27.4 Å². The van der Waals surface area contributed by atoms with E-state index in [0.29, 0.717) is 0 Å². The first-order chi connectivity index (χ1) is 8.31. The van der Waals surface area contributed by atoms with E-state index < -0.39 is 12.1 Å². The van der Waals surface area contributed by atoms with Crippen LogP contribution < -0.4 is 5.32 Å². The molecule has 1 aliphatic heterocycles. The van der Waals surface area contributed by atoms with Gasteiger partial charge in [-0.3, -0.25) is 9.59 Å². The van der Waals surface area contributed by atoms with E-state index in [1.165, 1.54) is 6.92 Å². The molecular formula is C11H25NO6. The van der Waals surface area contributed by atoms with Gasteiger partial charge in [-0.05, 0) is 13.3 Å². The molecule has 1 saturated heterocycles. The summed E-state index contributed by atoms with van der Waals surface area (Å²) in [5.41, 5.74) is 0. The predicted octanol–water partition coefficient (Wildman–Crippen LogP) is -0.391. The van der Waals surface area contributed by atoms with Gasteiger partial charge in [0, 0.05) is 34.1 Å². The van der Waals surface area contributed by atoms with Crippen molar-refractivity contribution in [1.82, 2.24) is 5.32 Å². The van der Waals surface area contributed by atoms with E-state index in [1.807, 2.05) is 0 Å². The van der Waals surface area contributed by atoms with Crippen molar-refractivity contribution in [3.05, 3.63) is 0 Å². The number of carbonyl (C=O) groups is 2. The monoisotopic (exact) mass is 267 g/mol. The molecule has 1 heterocycles. The number of aliphatic carboxylic acids is 1. The second kappa shape index (κ2) is 18.2. The SMILES string of the molecule is CC(=O)O.CC(O)CO.COC.O=C1CCCN1. The molecule has 7 nitrogen and oxygen atoms in total. The minimum absolute atomic E-state index is 0.139. The summed E-state index contributed by atoms with van der Waals surface area (Å²) in [6.07, 6.45) is 1.20. The average molecular weight is 267 g/mol. The number of aliphatic hydroxyl groups excluding tert-OH is 2. The smallest absolute Gasteiger partial charge is 0.300 e. The van der Waals surface area contributed by atoms with Crippen LogP contribution in [0.1, 0.15) is 26.7 Å². The molecule has 1 rings (SSSR count). The van der Waals surface area contributed by atoms with Crippen LogP contribution in [-0.2, 0) is 14.3 Å². The highest BCUT2D eigenvalue weighted by Gasteiger charge is 2.05. The first-order valence-electron chi connectivity index (χ1n) is 5.47. The van der Waals surface area contributed by atoms with E-state index in [-0.39, 0.29) is 12.5 Å². The summed E-state index contributed by atoms with van der Waals surface area (Å²) in [5, 5.41) is 26.1. The first-order valence-corrected chi connectivity index (χ1v) is 5.47. The van der Waals surface area contributed by atoms with Gasteiger partial charge in [0.05, 0.1) is 12.7 Å². The Labute approximate surface area is 108 Å². The van der Waals surface area contributed by atoms with Crippen LogP contribution in [-0.4, -0.2) is 60.7 Å². The number of carbonyl (C=O) groups excluding carboxylic acids is 1. The van der Waals surface area contributed by atoms with Gasteiger partial charge in [0.25, 0.3) is 5.97 Å². The molecule has 0 spiro atoms. The maximum absolute atomic E-state index is 10.1. The van der Waals surface area contributed by atoms with Gasteiger partial charge in [0.1, 0.15) is 0 Å². The van der Waals surface area contributed by atoms with Crippen LogP contribution in [0.15, 0.2) is 0 Å². The van der Waals surface area contributed by atoms with E-state index in [4.69, 9.17) is 20.1 Å². The van der Waals surface area contributed by atoms with E-state index in [9.17, 15) is 4.79 Å². The molecule has 0 aromatic rings. The number of nitrogens with one attached hydrogen (secondary N) is 1. The van der Waals surface area contributed by atoms with Gasteiger partial charge in [-0.1, -0.05) is 0 Å². The summed E-state index contributed by atoms with van der Waals surface area (Å²) in [5.74, 6) is -0.630. The maximum Gasteiger partial charge on any atom is 0.300 e. The number of methoxy groups -OCH3 is 1. The zero-order valence-electron chi connectivity index (χ0n) is 11.5. The number of carboxylic acids is 1. The molecule has 0 bridgehead atoms. The fourth-order valence-corrected chi connectivity index (χ4v) is 0.565. The van der Waals surface area contributed by atoms with Crippen molar-refractivity contribution in [2.45, 2.75) is 32.8 Å². The molecular weight excluding hydrogens is 242 g/mol. The van der Waals surface area contributed by atoms with Gasteiger partial charge in [-0.15, -0.1) is 0 Å². The molecule has 1 atom stereocenters. The molecule has 0 aromatic heterocycles. The molecule has 1 amide bonds. The van der Waals surface area contributed by atoms with Gasteiger partial charge < -0.3 is 25.4 Å². The Kier molecular flexibility index (Phi) is 22.3. The van der Waals surface area contributed by atoms with Crippen molar-refractivity contribution in [3.63, 3.8) is 0 Å². The molecule has 7 heteroatoms. The number of aliphatic hydroxyl groups is 2. The fourth-order valence-electron chi connectivity index (χ4n) is 0.565. The highest BCUT2D eigenvalue weighted by atomic mass is 16.4. The average Bonchev–Trinajstić information content (AvgIpc) is 2.70. The third-order valence-corrected chi connectivity index (χ3v) is 1.17. The van der Waals surface area contributed by atoms with E-state index >= 15 is 0 Å². The highest BCUT2D eigenvalue weighted by molar-refractivity contribution is 5.77. The summed E-state index contributed by atoms with van der Waals surface area (Å²) in [6, 6.07) is 0. The van der Waals surface area contributed by atoms with Crippen LogP contribution in [0.25, 0.3) is 0 Å². The van der Waals surface area contributed by atoms with Gasteiger partial charge in [-0.25, -0.2) is 0 Å². The zero-order chi connectivity index (χ0) is 15.0. The van der Waals surface area contributed by atoms with Crippen LogP contribution in [0.2, 0.25) is 0 Å². The van der Waals surface area contributed by atoms with Crippen LogP contribution in [0.3, 0.4) is 0 Å². The number of hydrogen-bond donors (Lipinski definition) is 4. The highest BCUT2D eigenvalue weighted by Crippen LogP contribution is 1.93. The Hall–Kier alpha value is -1.18. The minimum atomic E-state index is -0.833. The standard InChI is InChI=1S/C4H7NO.C3H8O2.C2H4O2.C2H6O/c6-4-2-1-3-5-4;1-3(5)2-4;1-2(3)4;1-3-2/h1-3H2,(H,5,6);3-5H,2H2,1H3;1H3,(H,3,4);1-2H3. The quantitative estimate of drug-likeness (QED) is 0.514. The third kappa shape index (κ3) is 46.3. The largest absolute Gasteiger partial charge is 0.481 e. The number of ether oxygens (including phenoxy) is 1. The lowest BCUT2D eigenvalue weighted by Crippen LogP contribution is -2.12. The molecule has 18 heavy (non-hydrogen) atoms. The predicted molar refractivity (Wildman–Crippen MR) is 67.3 cm³/mol. The molecule has 1 fully saturated rings. The van der Waals surface area contributed by atoms with Gasteiger partial charge >= 0.3 is 0 Å². The fraction of sp³-hybridized carbons (Fsp3) is 0.818. The Balaban J connectivity index is -0.000000173. The molecule has 0 radical (unpaired) electrons. The minimum Gasteiger partial charge on any atom is -0.481 e. The third-order valence-electron chi connectivity index (χ3n) is 1.17. The topological polar surface area (TPSA) is 116 Å². The van der Waals surface area contributed by atoms with Crippen LogP contribution in [0.5, 0.6) is 0 Å². The van der Waals surface area contributed by atoms with E-state index in [0.717, 1.165) is 26.3 Å². The maximum atomic E-state index is 10.1. The summed E-state index contributed by atoms with van der Waals surface area (Å²) < 4.78 is 4.25. The van der Waals surface area contributed by atoms with Crippen molar-refractivity contribution < 1.29 is 29.6 Å². The number of carboxylic acid groups (broad SMARTS) is 1. The van der Waals surface area contributed by atoms with Crippen molar-refractivity contribution in [3.8, 4) is 0 Å². The molecule has 1 aliphatic rings. The van der Waals surface area contributed by atoms with Crippen molar-refractivity contribution >= 4 is 11.9 Å². The molecule has 1 unspecified atom stereocenters. The normalized spacial score (nSPS) is 13.6. The Morgan fingerprint density at radius 2 is 1.83 bits per heavy atom. The Morgan fingerprint density at radius 3 is 1.89 bits per heavy atom.